The van der Waals surface area contributed by atoms with Crippen LogP contribution in [0.3, 0.4) is 0 Å². The Morgan fingerprint density at radius 2 is 2.00 bits per heavy atom. The van der Waals surface area contributed by atoms with Crippen molar-refractivity contribution in [2.75, 3.05) is 18.6 Å². The van der Waals surface area contributed by atoms with Crippen LogP contribution in [0.5, 0.6) is 0 Å². The van der Waals surface area contributed by atoms with Crippen molar-refractivity contribution in [3.05, 3.63) is 17.0 Å². The molecule has 0 radical (unpaired) electrons. The zero-order valence-corrected chi connectivity index (χ0v) is 14.0. The molecule has 1 atom stereocenters. The third-order valence-corrected chi connectivity index (χ3v) is 4.61. The van der Waals surface area contributed by atoms with E-state index in [0.717, 1.165) is 30.8 Å². The number of aryl methyl sites for hydroxylation is 2. The zero-order chi connectivity index (χ0) is 15.3. The Balaban J connectivity index is 2.78. The predicted octanol–water partition coefficient (Wildman–Crippen LogP) is 1.38. The second kappa shape index (κ2) is 7.22. The van der Waals surface area contributed by atoms with Gasteiger partial charge in [-0.2, -0.15) is 5.10 Å². The summed E-state index contributed by atoms with van der Waals surface area (Å²) in [6, 6.07) is 0.186. The molecule has 116 valence electrons. The molecule has 1 unspecified atom stereocenters. The van der Waals surface area contributed by atoms with Gasteiger partial charge in [0.15, 0.2) is 0 Å². The van der Waals surface area contributed by atoms with Gasteiger partial charge in [-0.3, -0.25) is 4.68 Å². The maximum absolute atomic E-state index is 11.4. The van der Waals surface area contributed by atoms with Crippen LogP contribution in [0.25, 0.3) is 0 Å². The van der Waals surface area contributed by atoms with Gasteiger partial charge in [-0.25, -0.2) is 8.42 Å². The highest BCUT2D eigenvalue weighted by Gasteiger charge is 2.17. The highest BCUT2D eigenvalue weighted by Crippen LogP contribution is 2.15. The maximum atomic E-state index is 11.4. The van der Waals surface area contributed by atoms with Crippen LogP contribution in [0.4, 0.5) is 0 Å². The van der Waals surface area contributed by atoms with E-state index < -0.39 is 9.84 Å². The van der Waals surface area contributed by atoms with Crippen LogP contribution in [0.1, 0.15) is 36.7 Å². The molecule has 1 aromatic heterocycles. The second-order valence-corrected chi connectivity index (χ2v) is 7.81. The SMILES string of the molecule is CCCNC(CCS(C)(=O)=O)Cc1c(C)nn(C)c1C. The maximum Gasteiger partial charge on any atom is 0.147 e. The number of rotatable bonds is 8. The van der Waals surface area contributed by atoms with Gasteiger partial charge in [0.2, 0.25) is 0 Å². The average molecular weight is 301 g/mol. The first-order chi connectivity index (χ1) is 9.24. The van der Waals surface area contributed by atoms with Gasteiger partial charge < -0.3 is 5.32 Å². The number of hydrogen-bond donors (Lipinski definition) is 1. The molecule has 0 saturated carbocycles. The van der Waals surface area contributed by atoms with Crippen molar-refractivity contribution in [3.63, 3.8) is 0 Å². The van der Waals surface area contributed by atoms with E-state index in [1.165, 1.54) is 11.8 Å². The number of sulfone groups is 1. The summed E-state index contributed by atoms with van der Waals surface area (Å²) in [4.78, 5) is 0. The number of nitrogens with one attached hydrogen (secondary N) is 1. The van der Waals surface area contributed by atoms with E-state index in [1.807, 2.05) is 18.7 Å². The van der Waals surface area contributed by atoms with Crippen LogP contribution in [0.15, 0.2) is 0 Å². The fourth-order valence-corrected chi connectivity index (χ4v) is 3.05. The lowest BCUT2D eigenvalue weighted by Gasteiger charge is -2.18. The average Bonchev–Trinajstić information content (AvgIpc) is 2.57. The molecule has 20 heavy (non-hydrogen) atoms. The number of aromatic nitrogens is 2. The molecule has 0 bridgehead atoms. The van der Waals surface area contributed by atoms with Crippen molar-refractivity contribution in [2.45, 2.75) is 46.1 Å². The fourth-order valence-electron chi connectivity index (χ4n) is 2.34. The summed E-state index contributed by atoms with van der Waals surface area (Å²) >= 11 is 0. The van der Waals surface area contributed by atoms with Gasteiger partial charge in [0.1, 0.15) is 9.84 Å². The normalized spacial score (nSPS) is 13.7. The van der Waals surface area contributed by atoms with Crippen molar-refractivity contribution in [2.24, 2.45) is 7.05 Å². The van der Waals surface area contributed by atoms with Crippen molar-refractivity contribution in [1.82, 2.24) is 15.1 Å². The van der Waals surface area contributed by atoms with Gasteiger partial charge in [-0.1, -0.05) is 6.92 Å². The van der Waals surface area contributed by atoms with Gasteiger partial charge in [0.25, 0.3) is 0 Å². The molecule has 0 amide bonds. The molecule has 0 aliphatic carbocycles. The molecule has 1 N–H and O–H groups in total. The molecule has 1 aromatic rings. The summed E-state index contributed by atoms with van der Waals surface area (Å²) in [5.41, 5.74) is 3.42. The Labute approximate surface area is 122 Å². The van der Waals surface area contributed by atoms with E-state index in [2.05, 4.69) is 24.3 Å². The molecule has 6 heteroatoms. The zero-order valence-electron chi connectivity index (χ0n) is 13.2. The summed E-state index contributed by atoms with van der Waals surface area (Å²) in [5.74, 6) is 0.229. The quantitative estimate of drug-likeness (QED) is 0.788. The van der Waals surface area contributed by atoms with Crippen LogP contribution >= 0.6 is 0 Å². The molecule has 0 aromatic carbocycles. The van der Waals surface area contributed by atoms with E-state index in [4.69, 9.17) is 0 Å². The Hall–Kier alpha value is -0.880. The highest BCUT2D eigenvalue weighted by atomic mass is 32.2. The topological polar surface area (TPSA) is 64.0 Å². The Morgan fingerprint density at radius 3 is 2.45 bits per heavy atom. The monoisotopic (exact) mass is 301 g/mol. The smallest absolute Gasteiger partial charge is 0.147 e. The standard InChI is InChI=1S/C14H27N3O2S/c1-6-8-15-13(7-9-20(5,18)19)10-14-11(2)16-17(4)12(14)3/h13,15H,6-10H2,1-5H3. The van der Waals surface area contributed by atoms with Crippen molar-refractivity contribution >= 4 is 9.84 Å². The summed E-state index contributed by atoms with van der Waals surface area (Å²) in [6.07, 6.45) is 3.82. The molecule has 0 aliphatic rings. The number of nitrogens with zero attached hydrogens (tertiary/aromatic N) is 2. The lowest BCUT2D eigenvalue weighted by molar-refractivity contribution is 0.490. The molecular weight excluding hydrogens is 274 g/mol. The van der Waals surface area contributed by atoms with E-state index in [9.17, 15) is 8.42 Å². The number of hydrogen-bond acceptors (Lipinski definition) is 4. The second-order valence-electron chi connectivity index (χ2n) is 5.55. The third-order valence-electron chi connectivity index (χ3n) is 3.63. The molecule has 0 aliphatic heterocycles. The van der Waals surface area contributed by atoms with Crippen molar-refractivity contribution in [3.8, 4) is 0 Å². The van der Waals surface area contributed by atoms with Gasteiger partial charge in [-0.15, -0.1) is 0 Å². The minimum atomic E-state index is -2.91. The van der Waals surface area contributed by atoms with Gasteiger partial charge >= 0.3 is 0 Å². The Kier molecular flexibility index (Phi) is 6.20. The summed E-state index contributed by atoms with van der Waals surface area (Å²) < 4.78 is 24.6. The fraction of sp³-hybridized carbons (Fsp3) is 0.786. The summed E-state index contributed by atoms with van der Waals surface area (Å²) in [7, 11) is -0.971. The predicted molar refractivity (Wildman–Crippen MR) is 82.8 cm³/mol. The summed E-state index contributed by atoms with van der Waals surface area (Å²) in [6.45, 7) is 7.09. The van der Waals surface area contributed by atoms with Gasteiger partial charge in [0, 0.05) is 25.0 Å². The Bertz CT molecular complexity index is 535. The van der Waals surface area contributed by atoms with E-state index >= 15 is 0 Å². The van der Waals surface area contributed by atoms with Crippen molar-refractivity contribution in [1.29, 1.82) is 0 Å². The highest BCUT2D eigenvalue weighted by molar-refractivity contribution is 7.90. The first-order valence-corrected chi connectivity index (χ1v) is 9.20. The van der Waals surface area contributed by atoms with E-state index in [0.29, 0.717) is 6.42 Å². The molecule has 0 saturated heterocycles. The molecule has 5 nitrogen and oxygen atoms in total. The van der Waals surface area contributed by atoms with Crippen LogP contribution in [-0.2, 0) is 23.3 Å². The lowest BCUT2D eigenvalue weighted by atomic mass is 10.0. The lowest BCUT2D eigenvalue weighted by Crippen LogP contribution is -2.34. The largest absolute Gasteiger partial charge is 0.314 e. The van der Waals surface area contributed by atoms with Crippen LogP contribution < -0.4 is 5.32 Å². The minimum Gasteiger partial charge on any atom is -0.314 e. The van der Waals surface area contributed by atoms with Crippen LogP contribution in [-0.4, -0.2) is 42.8 Å². The first kappa shape index (κ1) is 17.2. The van der Waals surface area contributed by atoms with Gasteiger partial charge in [-0.05, 0) is 45.2 Å². The first-order valence-electron chi connectivity index (χ1n) is 7.14. The van der Waals surface area contributed by atoms with Crippen LogP contribution in [0, 0.1) is 13.8 Å². The summed E-state index contributed by atoms with van der Waals surface area (Å²) in [5, 5.41) is 7.88. The molecule has 0 spiro atoms. The minimum absolute atomic E-state index is 0.186. The molecule has 1 heterocycles. The third kappa shape index (κ3) is 5.25. The van der Waals surface area contributed by atoms with Crippen LogP contribution in [0.2, 0.25) is 0 Å². The molecular formula is C14H27N3O2S. The van der Waals surface area contributed by atoms with Crippen molar-refractivity contribution < 1.29 is 8.42 Å². The molecule has 1 rings (SSSR count). The Morgan fingerprint density at radius 1 is 1.35 bits per heavy atom. The molecule has 0 fully saturated rings. The van der Waals surface area contributed by atoms with E-state index in [1.54, 1.807) is 0 Å². The van der Waals surface area contributed by atoms with E-state index in [-0.39, 0.29) is 11.8 Å². The van der Waals surface area contributed by atoms with Gasteiger partial charge in [0.05, 0.1) is 11.4 Å².